The molecule has 36 heavy (non-hydrogen) atoms. The van der Waals surface area contributed by atoms with E-state index < -0.39 is 9.84 Å². The lowest BCUT2D eigenvalue weighted by Gasteiger charge is -2.28. The van der Waals surface area contributed by atoms with Gasteiger partial charge in [0.15, 0.2) is 0 Å². The average molecular weight is 506 g/mol. The van der Waals surface area contributed by atoms with Crippen molar-refractivity contribution in [1.82, 2.24) is 14.5 Å². The second-order valence-corrected chi connectivity index (χ2v) is 11.6. The van der Waals surface area contributed by atoms with Gasteiger partial charge in [0, 0.05) is 12.6 Å². The molecule has 1 aliphatic rings. The molecule has 0 unspecified atom stereocenters. The SMILES string of the molecule is C=CCN(Cc1cnc(S(=O)(=O)Cc2cccc(C)c2)n1C1CCCCC1)C(=O)Cc1ccccc1. The summed E-state index contributed by atoms with van der Waals surface area (Å²) in [4.78, 5) is 19.4. The highest BCUT2D eigenvalue weighted by Gasteiger charge is 2.30. The Morgan fingerprint density at radius 3 is 2.50 bits per heavy atom. The Labute approximate surface area is 214 Å². The summed E-state index contributed by atoms with van der Waals surface area (Å²) in [6.07, 6.45) is 8.73. The molecule has 6 nitrogen and oxygen atoms in total. The molecule has 0 spiro atoms. The molecule has 1 amide bonds. The van der Waals surface area contributed by atoms with E-state index in [-0.39, 0.29) is 29.3 Å². The summed E-state index contributed by atoms with van der Waals surface area (Å²) in [5, 5.41) is 0.111. The lowest BCUT2D eigenvalue weighted by atomic mass is 9.95. The van der Waals surface area contributed by atoms with Crippen molar-refractivity contribution in [1.29, 1.82) is 0 Å². The van der Waals surface area contributed by atoms with Crippen molar-refractivity contribution in [3.8, 4) is 0 Å². The van der Waals surface area contributed by atoms with Gasteiger partial charge in [0.2, 0.25) is 20.9 Å². The largest absolute Gasteiger partial charge is 0.333 e. The van der Waals surface area contributed by atoms with Crippen LogP contribution in [0, 0.1) is 6.92 Å². The van der Waals surface area contributed by atoms with Crippen LogP contribution < -0.4 is 0 Å². The molecule has 4 rings (SSSR count). The number of hydrogen-bond donors (Lipinski definition) is 0. The Balaban J connectivity index is 1.65. The van der Waals surface area contributed by atoms with Crippen LogP contribution in [0.4, 0.5) is 0 Å². The summed E-state index contributed by atoms with van der Waals surface area (Å²) in [5.74, 6) is -0.122. The molecule has 0 atom stereocenters. The third-order valence-electron chi connectivity index (χ3n) is 6.75. The summed E-state index contributed by atoms with van der Waals surface area (Å²) in [5.41, 5.74) is 3.48. The normalized spacial score (nSPS) is 14.5. The molecule has 1 fully saturated rings. The molecule has 0 N–H and O–H groups in total. The zero-order valence-corrected chi connectivity index (χ0v) is 21.8. The van der Waals surface area contributed by atoms with Gasteiger partial charge >= 0.3 is 0 Å². The zero-order valence-electron chi connectivity index (χ0n) is 21.0. The maximum Gasteiger partial charge on any atom is 0.228 e. The molecule has 0 aliphatic heterocycles. The predicted molar refractivity (Wildman–Crippen MR) is 142 cm³/mol. The maximum absolute atomic E-state index is 13.6. The van der Waals surface area contributed by atoms with Crippen LogP contribution in [0.2, 0.25) is 0 Å². The van der Waals surface area contributed by atoms with E-state index >= 15 is 0 Å². The predicted octanol–water partition coefficient (Wildman–Crippen LogP) is 5.43. The highest BCUT2D eigenvalue weighted by molar-refractivity contribution is 7.90. The standard InChI is InChI=1S/C29H35N3O3S/c1-3-17-31(28(33)19-24-12-6-4-7-13-24)21-27-20-30-29(32(27)26-15-8-5-9-16-26)36(34,35)22-25-14-10-11-23(2)18-25/h3-4,6-7,10-14,18,20,26H,1,5,8-9,15-17,19,21-22H2,2H3. The van der Waals surface area contributed by atoms with E-state index in [1.807, 2.05) is 66.1 Å². The number of benzene rings is 2. The first-order chi connectivity index (χ1) is 17.4. The van der Waals surface area contributed by atoms with Gasteiger partial charge in [-0.05, 0) is 30.9 Å². The van der Waals surface area contributed by atoms with Gasteiger partial charge in [-0.15, -0.1) is 6.58 Å². The Bertz CT molecular complexity index is 1290. The van der Waals surface area contributed by atoms with Crippen LogP contribution in [0.1, 0.15) is 60.5 Å². The molecule has 0 bridgehead atoms. The molecule has 190 valence electrons. The van der Waals surface area contributed by atoms with Gasteiger partial charge in [0.05, 0.1) is 30.6 Å². The van der Waals surface area contributed by atoms with Crippen molar-refractivity contribution in [3.05, 3.63) is 95.8 Å². The fourth-order valence-electron chi connectivity index (χ4n) is 5.03. The number of imidazole rings is 1. The minimum absolute atomic E-state index is 0.0262. The maximum atomic E-state index is 13.6. The first kappa shape index (κ1) is 25.9. The molecular formula is C29H35N3O3S. The Morgan fingerprint density at radius 1 is 1.08 bits per heavy atom. The van der Waals surface area contributed by atoms with E-state index in [4.69, 9.17) is 0 Å². The van der Waals surface area contributed by atoms with E-state index in [1.165, 1.54) is 0 Å². The number of aromatic nitrogens is 2. The van der Waals surface area contributed by atoms with E-state index in [0.717, 1.165) is 54.5 Å². The summed E-state index contributed by atoms with van der Waals surface area (Å²) < 4.78 is 29.1. The van der Waals surface area contributed by atoms with Gasteiger partial charge < -0.3 is 9.47 Å². The van der Waals surface area contributed by atoms with Gasteiger partial charge in [-0.25, -0.2) is 13.4 Å². The summed E-state index contributed by atoms with van der Waals surface area (Å²) in [6.45, 7) is 6.46. The van der Waals surface area contributed by atoms with Crippen LogP contribution in [0.15, 0.2) is 78.6 Å². The number of hydrogen-bond acceptors (Lipinski definition) is 4. The number of carbonyl (C=O) groups is 1. The van der Waals surface area contributed by atoms with E-state index in [0.29, 0.717) is 13.1 Å². The minimum Gasteiger partial charge on any atom is -0.333 e. The number of amides is 1. The molecule has 0 radical (unpaired) electrons. The second-order valence-electron chi connectivity index (χ2n) is 9.67. The molecule has 3 aromatic rings. The summed E-state index contributed by atoms with van der Waals surface area (Å²) in [6, 6.07) is 17.3. The third-order valence-corrected chi connectivity index (χ3v) is 8.32. The van der Waals surface area contributed by atoms with E-state index in [9.17, 15) is 13.2 Å². The van der Waals surface area contributed by atoms with Gasteiger partial charge in [-0.2, -0.15) is 0 Å². The Kier molecular flexibility index (Phi) is 8.41. The quantitative estimate of drug-likeness (QED) is 0.345. The van der Waals surface area contributed by atoms with Crippen LogP contribution in [-0.2, 0) is 33.4 Å². The molecule has 7 heteroatoms. The number of aryl methyl sites for hydroxylation is 1. The van der Waals surface area contributed by atoms with E-state index in [2.05, 4.69) is 11.6 Å². The fraction of sp³-hybridized carbons (Fsp3) is 0.379. The molecular weight excluding hydrogens is 470 g/mol. The molecule has 0 saturated heterocycles. The third kappa shape index (κ3) is 6.32. The fourth-order valence-corrected chi connectivity index (χ4v) is 6.55. The highest BCUT2D eigenvalue weighted by atomic mass is 32.2. The van der Waals surface area contributed by atoms with Crippen molar-refractivity contribution >= 4 is 15.7 Å². The average Bonchev–Trinajstić information content (AvgIpc) is 3.29. The van der Waals surface area contributed by atoms with Crippen molar-refractivity contribution in [2.75, 3.05) is 6.54 Å². The number of sulfone groups is 1. The van der Waals surface area contributed by atoms with Crippen LogP contribution in [-0.4, -0.2) is 35.3 Å². The molecule has 2 aromatic carbocycles. The summed E-state index contributed by atoms with van der Waals surface area (Å²) in [7, 11) is -3.68. The van der Waals surface area contributed by atoms with Gasteiger partial charge in [-0.3, -0.25) is 4.79 Å². The van der Waals surface area contributed by atoms with Crippen molar-refractivity contribution < 1.29 is 13.2 Å². The van der Waals surface area contributed by atoms with Crippen molar-refractivity contribution in [3.63, 3.8) is 0 Å². The second kappa shape index (κ2) is 11.7. The number of rotatable bonds is 10. The van der Waals surface area contributed by atoms with Gasteiger partial charge in [-0.1, -0.05) is 85.5 Å². The minimum atomic E-state index is -3.68. The molecule has 1 aliphatic carbocycles. The van der Waals surface area contributed by atoms with Crippen LogP contribution in [0.25, 0.3) is 0 Å². The first-order valence-electron chi connectivity index (χ1n) is 12.6. The first-order valence-corrected chi connectivity index (χ1v) is 14.3. The zero-order chi connectivity index (χ0) is 25.5. The van der Waals surface area contributed by atoms with E-state index in [1.54, 1.807) is 17.2 Å². The molecule has 1 aromatic heterocycles. The van der Waals surface area contributed by atoms with Crippen LogP contribution in [0.3, 0.4) is 0 Å². The lowest BCUT2D eigenvalue weighted by Crippen LogP contribution is -2.33. The van der Waals surface area contributed by atoms with Crippen LogP contribution in [0.5, 0.6) is 0 Å². The van der Waals surface area contributed by atoms with Crippen LogP contribution >= 0.6 is 0 Å². The highest BCUT2D eigenvalue weighted by Crippen LogP contribution is 2.33. The van der Waals surface area contributed by atoms with Gasteiger partial charge in [0.1, 0.15) is 0 Å². The Hall–Kier alpha value is -3.19. The molecule has 1 saturated carbocycles. The smallest absolute Gasteiger partial charge is 0.228 e. The van der Waals surface area contributed by atoms with Crippen molar-refractivity contribution in [2.45, 2.75) is 68.9 Å². The molecule has 1 heterocycles. The van der Waals surface area contributed by atoms with Crippen molar-refractivity contribution in [2.24, 2.45) is 0 Å². The number of nitrogens with zero attached hydrogens (tertiary/aromatic N) is 3. The number of carbonyl (C=O) groups excluding carboxylic acids is 1. The Morgan fingerprint density at radius 2 is 1.81 bits per heavy atom. The van der Waals surface area contributed by atoms with Gasteiger partial charge in [0.25, 0.3) is 0 Å². The monoisotopic (exact) mass is 505 g/mol. The topological polar surface area (TPSA) is 72.3 Å². The summed E-state index contributed by atoms with van der Waals surface area (Å²) >= 11 is 0. The lowest BCUT2D eigenvalue weighted by molar-refractivity contribution is -0.130.